The van der Waals surface area contributed by atoms with Crippen LogP contribution in [0.2, 0.25) is 5.02 Å². The van der Waals surface area contributed by atoms with Crippen molar-refractivity contribution in [2.45, 2.75) is 37.4 Å². The van der Waals surface area contributed by atoms with E-state index >= 15 is 0 Å². The molecule has 0 amide bonds. The van der Waals surface area contributed by atoms with Gasteiger partial charge in [-0.25, -0.2) is 4.39 Å². The summed E-state index contributed by atoms with van der Waals surface area (Å²) < 4.78 is 108. The number of fused-ring (bicyclic) bond motifs is 2. The summed E-state index contributed by atoms with van der Waals surface area (Å²) >= 11 is 6.09. The molecule has 2 aliphatic rings. The van der Waals surface area contributed by atoms with Crippen LogP contribution in [0.25, 0.3) is 22.3 Å². The van der Waals surface area contributed by atoms with Gasteiger partial charge in [0.05, 0.1) is 11.1 Å². The molecule has 0 aliphatic carbocycles. The maximum absolute atomic E-state index is 13.9. The third-order valence-corrected chi connectivity index (χ3v) is 7.70. The van der Waals surface area contributed by atoms with Gasteiger partial charge in [-0.3, -0.25) is 0 Å². The zero-order valence-corrected chi connectivity index (χ0v) is 23.0. The van der Waals surface area contributed by atoms with Crippen molar-refractivity contribution in [3.05, 3.63) is 106 Å². The van der Waals surface area contributed by atoms with Crippen LogP contribution in [0.1, 0.15) is 22.3 Å². The van der Waals surface area contributed by atoms with Crippen molar-refractivity contribution < 1.29 is 40.2 Å². The Balaban J connectivity index is 1.17. The molecule has 0 spiro atoms. The second-order valence-electron chi connectivity index (χ2n) is 10.6. The Morgan fingerprint density at radius 1 is 0.674 bits per heavy atom. The molecule has 2 heterocycles. The smallest absolute Gasteiger partial charge is 0.416 e. The number of hydrogen-bond donors (Lipinski definition) is 1. The lowest BCUT2D eigenvalue weighted by Gasteiger charge is -2.17. The van der Waals surface area contributed by atoms with Crippen molar-refractivity contribution in [3.8, 4) is 33.8 Å². The zero-order valence-electron chi connectivity index (χ0n) is 22.3. The second kappa shape index (κ2) is 11.1. The van der Waals surface area contributed by atoms with Crippen LogP contribution in [0.5, 0.6) is 11.5 Å². The van der Waals surface area contributed by atoms with Crippen molar-refractivity contribution in [2.24, 2.45) is 0 Å². The summed E-state index contributed by atoms with van der Waals surface area (Å²) in [7, 11) is 0. The van der Waals surface area contributed by atoms with Gasteiger partial charge in [0.1, 0.15) is 29.5 Å². The molecule has 1 N–H and O–H groups in total. The summed E-state index contributed by atoms with van der Waals surface area (Å²) in [6.07, 6.45) is -9.74. The first-order chi connectivity index (χ1) is 20.3. The Hall–Kier alpha value is -3.76. The summed E-state index contributed by atoms with van der Waals surface area (Å²) in [6.45, 7) is 0.496. The van der Waals surface area contributed by atoms with Crippen molar-refractivity contribution >= 4 is 11.6 Å². The van der Waals surface area contributed by atoms with Gasteiger partial charge in [-0.1, -0.05) is 35.9 Å². The summed E-state index contributed by atoms with van der Waals surface area (Å²) in [5, 5.41) is 3.57. The highest BCUT2D eigenvalue weighted by atomic mass is 35.5. The molecule has 0 fully saturated rings. The molecular weight excluding hydrogens is 599 g/mol. The molecule has 0 saturated heterocycles. The minimum atomic E-state index is -4.60. The molecule has 0 saturated carbocycles. The van der Waals surface area contributed by atoms with Crippen molar-refractivity contribution in [1.82, 2.24) is 5.32 Å². The topological polar surface area (TPSA) is 30.5 Å². The first kappa shape index (κ1) is 29.3. The Labute approximate surface area is 247 Å². The SMILES string of the molecule is Fc1cccc(-c2cc(C(F)(F)F)cc3c2OC(CNCC2Cc4cc(C(F)(F)F)cc(-c5cccc(Cl)c5)c4O2)C3)c1. The first-order valence-corrected chi connectivity index (χ1v) is 13.8. The van der Waals surface area contributed by atoms with Gasteiger partial charge in [0.25, 0.3) is 0 Å². The minimum Gasteiger partial charge on any atom is -0.488 e. The Morgan fingerprint density at radius 3 is 1.63 bits per heavy atom. The third-order valence-electron chi connectivity index (χ3n) is 7.47. The Morgan fingerprint density at radius 2 is 1.16 bits per heavy atom. The number of alkyl halides is 6. The van der Waals surface area contributed by atoms with E-state index in [9.17, 15) is 30.7 Å². The zero-order chi connectivity index (χ0) is 30.5. The molecule has 2 aliphatic heterocycles. The number of rotatable bonds is 6. The number of nitrogens with one attached hydrogen (secondary N) is 1. The predicted octanol–water partition coefficient (Wildman–Crippen LogP) is 8.75. The van der Waals surface area contributed by atoms with Gasteiger partial charge >= 0.3 is 12.4 Å². The molecule has 4 aromatic carbocycles. The van der Waals surface area contributed by atoms with Crippen molar-refractivity contribution in [2.75, 3.05) is 13.1 Å². The molecule has 11 heteroatoms. The van der Waals surface area contributed by atoms with Crippen LogP contribution < -0.4 is 14.8 Å². The highest BCUT2D eigenvalue weighted by Gasteiger charge is 2.37. The van der Waals surface area contributed by atoms with Gasteiger partial charge in [-0.15, -0.1) is 0 Å². The van der Waals surface area contributed by atoms with Crippen LogP contribution in [0.3, 0.4) is 0 Å². The van der Waals surface area contributed by atoms with Gasteiger partial charge in [-0.05, 0) is 70.8 Å². The molecule has 2 atom stereocenters. The standard InChI is InChI=1S/C32H23ClF7NO2/c33-23-5-1-3-17(9-23)27-13-21(31(35,36)37)7-19-11-25(42-29(19)27)15-41-16-26-12-20-8-22(32(38,39)40)14-28(30(20)43-26)18-4-2-6-24(34)10-18/h1-10,13-14,25-26,41H,11-12,15-16H2. The minimum absolute atomic E-state index is 0.149. The van der Waals surface area contributed by atoms with Crippen molar-refractivity contribution in [3.63, 3.8) is 0 Å². The van der Waals surface area contributed by atoms with E-state index in [0.29, 0.717) is 27.5 Å². The van der Waals surface area contributed by atoms with Crippen LogP contribution >= 0.6 is 11.6 Å². The summed E-state index contributed by atoms with van der Waals surface area (Å²) in [5.74, 6) is 0.0325. The highest BCUT2D eigenvalue weighted by molar-refractivity contribution is 6.30. The fraction of sp³-hybridized carbons (Fsp3) is 0.250. The molecule has 43 heavy (non-hydrogen) atoms. The number of halogens is 8. The normalized spacial score (nSPS) is 17.8. The molecule has 2 unspecified atom stereocenters. The molecule has 0 aromatic heterocycles. The number of hydrogen-bond acceptors (Lipinski definition) is 3. The van der Waals surface area contributed by atoms with Gasteiger partial charge in [0.2, 0.25) is 0 Å². The van der Waals surface area contributed by atoms with E-state index in [4.69, 9.17) is 21.1 Å². The Bertz CT molecular complexity index is 1560. The molecule has 6 rings (SSSR count). The number of ether oxygens (including phenoxy) is 2. The molecule has 0 radical (unpaired) electrons. The lowest BCUT2D eigenvalue weighted by Crippen LogP contribution is -2.36. The third kappa shape index (κ3) is 6.17. The lowest BCUT2D eigenvalue weighted by atomic mass is 9.97. The van der Waals surface area contributed by atoms with E-state index in [1.165, 1.54) is 18.2 Å². The average Bonchev–Trinajstić information content (AvgIpc) is 3.54. The molecular formula is C32H23ClF7NO2. The summed E-state index contributed by atoms with van der Waals surface area (Å²) in [6, 6.07) is 15.9. The largest absolute Gasteiger partial charge is 0.488 e. The first-order valence-electron chi connectivity index (χ1n) is 13.4. The average molecular weight is 622 g/mol. The molecule has 3 nitrogen and oxygen atoms in total. The number of benzene rings is 4. The summed E-state index contributed by atoms with van der Waals surface area (Å²) in [4.78, 5) is 0. The maximum atomic E-state index is 13.9. The van der Waals surface area contributed by atoms with Gasteiger partial charge in [-0.2, -0.15) is 26.3 Å². The van der Waals surface area contributed by atoms with Crippen LogP contribution in [0.4, 0.5) is 30.7 Å². The van der Waals surface area contributed by atoms with Crippen molar-refractivity contribution in [1.29, 1.82) is 0 Å². The highest BCUT2D eigenvalue weighted by Crippen LogP contribution is 2.45. The van der Waals surface area contributed by atoms with Crippen LogP contribution in [-0.2, 0) is 25.2 Å². The predicted molar refractivity (Wildman–Crippen MR) is 148 cm³/mol. The van der Waals surface area contributed by atoms with Crippen LogP contribution in [-0.4, -0.2) is 25.3 Å². The van der Waals surface area contributed by atoms with E-state index < -0.39 is 41.5 Å². The molecule has 224 valence electrons. The van der Waals surface area contributed by atoms with Crippen LogP contribution in [0.15, 0.2) is 72.8 Å². The summed E-state index contributed by atoms with van der Waals surface area (Å²) in [5.41, 5.74) is 0.327. The lowest BCUT2D eigenvalue weighted by molar-refractivity contribution is -0.138. The monoisotopic (exact) mass is 621 g/mol. The van der Waals surface area contributed by atoms with Gasteiger partial charge < -0.3 is 14.8 Å². The Kier molecular flexibility index (Phi) is 7.54. The van der Waals surface area contributed by atoms with Gasteiger partial charge in [0.15, 0.2) is 0 Å². The quantitative estimate of drug-likeness (QED) is 0.218. The van der Waals surface area contributed by atoms with E-state index in [2.05, 4.69) is 5.32 Å². The van der Waals surface area contributed by atoms with Gasteiger partial charge in [0, 0.05) is 42.1 Å². The molecule has 4 aromatic rings. The fourth-order valence-electron chi connectivity index (χ4n) is 5.57. The van der Waals surface area contributed by atoms with Crippen LogP contribution in [0, 0.1) is 5.82 Å². The maximum Gasteiger partial charge on any atom is 0.416 e. The van der Waals surface area contributed by atoms with E-state index in [-0.39, 0.29) is 48.4 Å². The second-order valence-corrected chi connectivity index (χ2v) is 11.0. The van der Waals surface area contributed by atoms with E-state index in [0.717, 1.165) is 30.3 Å². The molecule has 0 bridgehead atoms. The van der Waals surface area contributed by atoms with E-state index in [1.807, 2.05) is 0 Å². The van der Waals surface area contributed by atoms with E-state index in [1.54, 1.807) is 24.3 Å². The fourth-order valence-corrected chi connectivity index (χ4v) is 5.76.